The van der Waals surface area contributed by atoms with Crippen molar-refractivity contribution in [3.05, 3.63) is 24.3 Å². The Balaban J connectivity index is 4.27. The summed E-state index contributed by atoms with van der Waals surface area (Å²) >= 11 is 0. The molecule has 0 aliphatic rings. The van der Waals surface area contributed by atoms with Gasteiger partial charge in [0.05, 0.1) is 7.11 Å². The van der Waals surface area contributed by atoms with Gasteiger partial charge < -0.3 is 10.1 Å². The molecule has 0 atom stereocenters. The summed E-state index contributed by atoms with van der Waals surface area (Å²) in [4.78, 5) is 14.8. The average Bonchev–Trinajstić information content (AvgIpc) is 2.17. The molecule has 0 bridgehead atoms. The van der Waals surface area contributed by atoms with Crippen LogP contribution in [-0.4, -0.2) is 33.0 Å². The van der Waals surface area contributed by atoms with Crippen LogP contribution in [0.4, 0.5) is 0 Å². The summed E-state index contributed by atoms with van der Waals surface area (Å²) in [7, 11) is 4.66. The van der Waals surface area contributed by atoms with Crippen molar-refractivity contribution >= 4 is 11.8 Å². The minimum Gasteiger partial charge on any atom is -0.481 e. The smallest absolute Gasteiger partial charge is 0.250 e. The monoisotopic (exact) mass is 182 g/mol. The molecule has 4 nitrogen and oxygen atoms in total. The van der Waals surface area contributed by atoms with Gasteiger partial charge >= 0.3 is 0 Å². The lowest BCUT2D eigenvalue weighted by molar-refractivity contribution is -0.116. The Morgan fingerprint density at radius 3 is 2.54 bits per heavy atom. The second-order valence-electron chi connectivity index (χ2n) is 2.20. The Hall–Kier alpha value is -1.58. The first-order valence-electron chi connectivity index (χ1n) is 3.75. The van der Waals surface area contributed by atoms with Crippen molar-refractivity contribution < 1.29 is 9.53 Å². The number of hydrogen-bond acceptors (Lipinski definition) is 3. The van der Waals surface area contributed by atoms with Crippen LogP contribution in [0.2, 0.25) is 0 Å². The number of methoxy groups -OCH3 is 1. The number of carbonyl (C=O) groups excluding carboxylic acids is 1. The third-order valence-electron chi connectivity index (χ3n) is 1.38. The molecule has 0 aliphatic heterocycles. The maximum atomic E-state index is 11.0. The van der Waals surface area contributed by atoms with E-state index in [1.54, 1.807) is 26.2 Å². The van der Waals surface area contributed by atoms with Gasteiger partial charge in [-0.2, -0.15) is 0 Å². The molecule has 0 heterocycles. The van der Waals surface area contributed by atoms with E-state index < -0.39 is 0 Å². The maximum absolute atomic E-state index is 11.0. The van der Waals surface area contributed by atoms with E-state index in [0.29, 0.717) is 11.5 Å². The molecular formula is C9H14N2O2. The van der Waals surface area contributed by atoms with Crippen LogP contribution in [0.3, 0.4) is 0 Å². The summed E-state index contributed by atoms with van der Waals surface area (Å²) in [5.74, 6) is 0.229. The predicted octanol–water partition coefficient (Wildman–Crippen LogP) is 0.519. The molecule has 4 heteroatoms. The minimum absolute atomic E-state index is 0.220. The van der Waals surface area contributed by atoms with Gasteiger partial charge in [0.2, 0.25) is 11.8 Å². The van der Waals surface area contributed by atoms with E-state index in [4.69, 9.17) is 4.74 Å². The standard InChI is InChI=1S/C9H14N2O2/c1-7(9(12)11-3)5-6-8(10-2)13-4/h5-6H,1H2,2-4H3,(H,11,12)/b6-5-,10-8?. The molecule has 1 N–H and O–H groups in total. The van der Waals surface area contributed by atoms with Crippen molar-refractivity contribution in [3.63, 3.8) is 0 Å². The predicted molar refractivity (Wildman–Crippen MR) is 52.7 cm³/mol. The largest absolute Gasteiger partial charge is 0.481 e. The Kier molecular flexibility index (Phi) is 5.27. The summed E-state index contributed by atoms with van der Waals surface area (Å²) in [6.07, 6.45) is 3.13. The van der Waals surface area contributed by atoms with E-state index in [0.717, 1.165) is 0 Å². The maximum Gasteiger partial charge on any atom is 0.250 e. The zero-order valence-corrected chi connectivity index (χ0v) is 8.13. The Bertz CT molecular complexity index is 254. The number of ether oxygens (including phenoxy) is 1. The molecule has 0 spiro atoms. The minimum atomic E-state index is -0.220. The highest BCUT2D eigenvalue weighted by Gasteiger charge is 1.99. The fraction of sp³-hybridized carbons (Fsp3) is 0.333. The molecule has 0 aromatic heterocycles. The lowest BCUT2D eigenvalue weighted by atomic mass is 10.2. The zero-order valence-electron chi connectivity index (χ0n) is 8.13. The lowest BCUT2D eigenvalue weighted by Gasteiger charge is -1.98. The molecule has 0 radical (unpaired) electrons. The average molecular weight is 182 g/mol. The molecule has 0 rings (SSSR count). The molecule has 0 saturated heterocycles. The highest BCUT2D eigenvalue weighted by atomic mass is 16.5. The van der Waals surface area contributed by atoms with Gasteiger partial charge in [-0.3, -0.25) is 9.79 Å². The third kappa shape index (κ3) is 4.10. The number of likely N-dealkylation sites (N-methyl/N-ethyl adjacent to an activating group) is 1. The first-order valence-corrected chi connectivity index (χ1v) is 3.75. The normalized spacial score (nSPS) is 11.5. The van der Waals surface area contributed by atoms with E-state index in [1.165, 1.54) is 7.11 Å². The van der Waals surface area contributed by atoms with Crippen LogP contribution in [0, 0.1) is 0 Å². The highest BCUT2D eigenvalue weighted by molar-refractivity contribution is 5.97. The van der Waals surface area contributed by atoms with Crippen molar-refractivity contribution in [2.45, 2.75) is 0 Å². The number of hydrogen-bond donors (Lipinski definition) is 1. The first kappa shape index (κ1) is 11.4. The van der Waals surface area contributed by atoms with Crippen LogP contribution >= 0.6 is 0 Å². The number of amides is 1. The molecule has 0 aliphatic carbocycles. The summed E-state index contributed by atoms with van der Waals surface area (Å²) in [5.41, 5.74) is 0.362. The number of nitrogens with one attached hydrogen (secondary N) is 1. The first-order chi connectivity index (χ1) is 6.15. The van der Waals surface area contributed by atoms with E-state index in [-0.39, 0.29) is 5.91 Å². The summed E-state index contributed by atoms with van der Waals surface area (Å²) < 4.78 is 4.85. The molecule has 72 valence electrons. The number of nitrogens with zero attached hydrogens (tertiary/aromatic N) is 1. The fourth-order valence-electron chi connectivity index (χ4n) is 0.642. The Morgan fingerprint density at radius 1 is 1.54 bits per heavy atom. The summed E-state index contributed by atoms with van der Waals surface area (Å²) in [5, 5.41) is 2.45. The molecule has 0 unspecified atom stereocenters. The van der Waals surface area contributed by atoms with Crippen molar-refractivity contribution in [1.82, 2.24) is 5.32 Å². The SMILES string of the molecule is C=C(/C=C\C(=NC)OC)C(=O)NC. The van der Waals surface area contributed by atoms with Crippen LogP contribution in [-0.2, 0) is 9.53 Å². The third-order valence-corrected chi connectivity index (χ3v) is 1.38. The molecule has 1 amide bonds. The fourth-order valence-corrected chi connectivity index (χ4v) is 0.642. The van der Waals surface area contributed by atoms with E-state index in [1.807, 2.05) is 0 Å². The van der Waals surface area contributed by atoms with Gasteiger partial charge in [-0.1, -0.05) is 6.58 Å². The van der Waals surface area contributed by atoms with Crippen LogP contribution in [0.15, 0.2) is 29.3 Å². The molecule has 0 saturated carbocycles. The number of aliphatic imine (C=N–C) groups is 1. The quantitative estimate of drug-likeness (QED) is 0.299. The number of carbonyl (C=O) groups is 1. The van der Waals surface area contributed by atoms with E-state index in [9.17, 15) is 4.79 Å². The van der Waals surface area contributed by atoms with Crippen molar-refractivity contribution in [2.24, 2.45) is 4.99 Å². The van der Waals surface area contributed by atoms with E-state index >= 15 is 0 Å². The van der Waals surface area contributed by atoms with Gasteiger partial charge in [0.15, 0.2) is 0 Å². The Labute approximate surface area is 78.0 Å². The molecule has 0 aromatic rings. The van der Waals surface area contributed by atoms with Gasteiger partial charge in [-0.25, -0.2) is 0 Å². The summed E-state index contributed by atoms with van der Waals surface area (Å²) in [6, 6.07) is 0. The van der Waals surface area contributed by atoms with E-state index in [2.05, 4.69) is 16.9 Å². The van der Waals surface area contributed by atoms with Gasteiger partial charge in [0.1, 0.15) is 0 Å². The van der Waals surface area contributed by atoms with Gasteiger partial charge in [0, 0.05) is 25.7 Å². The number of rotatable bonds is 3. The molecule has 0 fully saturated rings. The van der Waals surface area contributed by atoms with Crippen molar-refractivity contribution in [3.8, 4) is 0 Å². The van der Waals surface area contributed by atoms with Crippen LogP contribution in [0.25, 0.3) is 0 Å². The van der Waals surface area contributed by atoms with Gasteiger partial charge in [-0.05, 0) is 6.08 Å². The highest BCUT2D eigenvalue weighted by Crippen LogP contribution is 1.93. The molecule has 0 aromatic carbocycles. The van der Waals surface area contributed by atoms with Crippen LogP contribution in [0.5, 0.6) is 0 Å². The topological polar surface area (TPSA) is 50.7 Å². The second-order valence-corrected chi connectivity index (χ2v) is 2.20. The van der Waals surface area contributed by atoms with Crippen molar-refractivity contribution in [1.29, 1.82) is 0 Å². The van der Waals surface area contributed by atoms with Gasteiger partial charge in [-0.15, -0.1) is 0 Å². The molecule has 13 heavy (non-hydrogen) atoms. The second kappa shape index (κ2) is 5.99. The molecular weight excluding hydrogens is 168 g/mol. The van der Waals surface area contributed by atoms with Crippen LogP contribution < -0.4 is 5.32 Å². The zero-order chi connectivity index (χ0) is 10.3. The summed E-state index contributed by atoms with van der Waals surface area (Å²) in [6.45, 7) is 3.56. The Morgan fingerprint density at radius 2 is 2.15 bits per heavy atom. The van der Waals surface area contributed by atoms with Crippen molar-refractivity contribution in [2.75, 3.05) is 21.2 Å². The lowest BCUT2D eigenvalue weighted by Crippen LogP contribution is -2.18. The van der Waals surface area contributed by atoms with Gasteiger partial charge in [0.25, 0.3) is 0 Å². The van der Waals surface area contributed by atoms with Crippen LogP contribution in [0.1, 0.15) is 0 Å².